The minimum atomic E-state index is -4.93. The summed E-state index contributed by atoms with van der Waals surface area (Å²) >= 11 is 0. The molecule has 0 bridgehead atoms. The standard InChI is InChI=1S/C31H34F3N9O4S/c1-48(2)12-11-46-19-41-10-7-23-26(36-18-37-27(23)41)20-14-38-43(15-20)30(8-9-35)16-42(17-30)21-3-5-22(6-4-21)47-25-13-24(28(44)45)39-29(40-25)31(32,33)34/h7,10,13-15,18,21-22H,3-6,8,11-12,16-17,19H2,1-2H3. The van der Waals surface area contributed by atoms with Crippen molar-refractivity contribution >= 4 is 27.9 Å². The Morgan fingerprint density at radius 1 is 1.19 bits per heavy atom. The van der Waals surface area contributed by atoms with Gasteiger partial charge >= 0.3 is 6.18 Å². The van der Waals surface area contributed by atoms with Crippen LogP contribution >= 0.6 is 0 Å². The summed E-state index contributed by atoms with van der Waals surface area (Å²) < 4.78 is 54.9. The molecule has 17 heteroatoms. The van der Waals surface area contributed by atoms with Gasteiger partial charge in [0.25, 0.3) is 0 Å². The van der Waals surface area contributed by atoms with E-state index in [2.05, 4.69) is 48.5 Å². The van der Waals surface area contributed by atoms with E-state index >= 15 is 0 Å². The summed E-state index contributed by atoms with van der Waals surface area (Å²) in [5.74, 6) is -2.88. The fourth-order valence-corrected chi connectivity index (χ4v) is 6.75. The number of aromatic carboxylic acids is 1. The predicted octanol–water partition coefficient (Wildman–Crippen LogP) is 2.63. The number of hydrogen-bond donors (Lipinski definition) is 0. The molecule has 0 radical (unpaired) electrons. The normalized spacial score (nSPS) is 19.7. The van der Waals surface area contributed by atoms with Crippen LogP contribution in [0.25, 0.3) is 22.3 Å². The molecule has 1 aliphatic heterocycles. The molecule has 13 nitrogen and oxygen atoms in total. The second kappa shape index (κ2) is 13.7. The van der Waals surface area contributed by atoms with E-state index in [4.69, 9.17) is 9.47 Å². The summed E-state index contributed by atoms with van der Waals surface area (Å²) in [4.78, 5) is 28.9. The summed E-state index contributed by atoms with van der Waals surface area (Å²) in [6.07, 6.45) is 8.91. The molecule has 2 fully saturated rings. The molecule has 6 rings (SSSR count). The highest BCUT2D eigenvalue weighted by molar-refractivity contribution is 7.95. The van der Waals surface area contributed by atoms with Crippen molar-refractivity contribution in [3.05, 3.63) is 48.6 Å². The maximum Gasteiger partial charge on any atom is 0.451 e. The second-order valence-electron chi connectivity index (χ2n) is 12.4. The number of hydrogen-bond acceptors (Lipinski definition) is 11. The lowest BCUT2D eigenvalue weighted by Gasteiger charge is -2.53. The van der Waals surface area contributed by atoms with Crippen molar-refractivity contribution in [1.29, 1.82) is 5.26 Å². The van der Waals surface area contributed by atoms with Gasteiger partial charge in [0, 0.05) is 48.5 Å². The van der Waals surface area contributed by atoms with Crippen LogP contribution in [0.1, 0.15) is 48.4 Å². The minimum absolute atomic E-state index is 0.186. The Hall–Kier alpha value is -4.27. The zero-order chi connectivity index (χ0) is 34.1. The number of carbonyl (C=O) groups is 1. The van der Waals surface area contributed by atoms with E-state index in [9.17, 15) is 28.3 Å². The smallest absolute Gasteiger partial charge is 0.451 e. The van der Waals surface area contributed by atoms with E-state index < -0.39 is 41.2 Å². The number of carbonyl (C=O) groups excluding carboxylic acids is 1. The van der Waals surface area contributed by atoms with Gasteiger partial charge in [0.2, 0.25) is 11.7 Å². The van der Waals surface area contributed by atoms with E-state index in [1.54, 1.807) is 6.20 Å². The monoisotopic (exact) mass is 685 g/mol. The molecule has 2 aliphatic rings. The Morgan fingerprint density at radius 3 is 2.65 bits per heavy atom. The van der Waals surface area contributed by atoms with Crippen LogP contribution < -0.4 is 9.84 Å². The van der Waals surface area contributed by atoms with Gasteiger partial charge in [0.15, 0.2) is 0 Å². The number of nitriles is 1. The van der Waals surface area contributed by atoms with Crippen LogP contribution in [-0.2, 0) is 34.1 Å². The first-order valence-electron chi connectivity index (χ1n) is 15.4. The first-order valence-corrected chi connectivity index (χ1v) is 17.6. The van der Waals surface area contributed by atoms with Gasteiger partial charge < -0.3 is 23.9 Å². The number of carboxylic acid groups (broad SMARTS) is 1. The molecule has 0 amide bonds. The predicted molar refractivity (Wildman–Crippen MR) is 167 cm³/mol. The number of rotatable bonds is 12. The van der Waals surface area contributed by atoms with Crippen LogP contribution in [0.5, 0.6) is 5.88 Å². The largest absolute Gasteiger partial charge is 0.543 e. The van der Waals surface area contributed by atoms with Gasteiger partial charge in [-0.05, 0) is 42.6 Å². The first-order chi connectivity index (χ1) is 23.0. The van der Waals surface area contributed by atoms with Crippen LogP contribution in [0.4, 0.5) is 13.2 Å². The SMILES string of the molecule is C[S+](C)CCOCn1ccc2c(-c3cnn(C4(CC#N)CN(C5CCC(Oc6cc(C(=O)[O-])nc(C(F)(F)F)n6)CC5)C4)c3)ncnc21. The molecule has 0 unspecified atom stereocenters. The molecular formula is C31H34F3N9O4S. The van der Waals surface area contributed by atoms with E-state index in [1.165, 1.54) is 6.33 Å². The van der Waals surface area contributed by atoms with E-state index in [0.29, 0.717) is 63.0 Å². The van der Waals surface area contributed by atoms with Crippen LogP contribution in [0.15, 0.2) is 37.1 Å². The molecule has 48 heavy (non-hydrogen) atoms. The Morgan fingerprint density at radius 2 is 1.96 bits per heavy atom. The van der Waals surface area contributed by atoms with Crippen molar-refractivity contribution in [2.45, 2.75) is 62.7 Å². The van der Waals surface area contributed by atoms with Gasteiger partial charge in [-0.1, -0.05) is 0 Å². The number of aromatic nitrogens is 7. The molecule has 1 saturated carbocycles. The van der Waals surface area contributed by atoms with Gasteiger partial charge in [-0.25, -0.2) is 15.0 Å². The Kier molecular flexibility index (Phi) is 9.59. The van der Waals surface area contributed by atoms with E-state index in [-0.39, 0.29) is 12.5 Å². The van der Waals surface area contributed by atoms with Gasteiger partial charge in [0.05, 0.1) is 55.2 Å². The van der Waals surface area contributed by atoms with Crippen molar-refractivity contribution in [1.82, 2.24) is 39.2 Å². The molecule has 254 valence electrons. The van der Waals surface area contributed by atoms with Crippen molar-refractivity contribution in [3.63, 3.8) is 0 Å². The zero-order valence-corrected chi connectivity index (χ0v) is 27.2. The first kappa shape index (κ1) is 33.6. The molecule has 4 aromatic heterocycles. The van der Waals surface area contributed by atoms with Crippen molar-refractivity contribution in [2.75, 3.05) is 38.0 Å². The number of likely N-dealkylation sites (tertiary alicyclic amines) is 1. The third kappa shape index (κ3) is 7.10. The van der Waals surface area contributed by atoms with Gasteiger partial charge in [-0.15, -0.1) is 0 Å². The Bertz CT molecular complexity index is 1810. The molecule has 5 heterocycles. The van der Waals surface area contributed by atoms with Gasteiger partial charge in [-0.3, -0.25) is 9.58 Å². The average Bonchev–Trinajstić information content (AvgIpc) is 3.69. The van der Waals surface area contributed by atoms with Crippen molar-refractivity contribution in [2.24, 2.45) is 0 Å². The molecule has 0 N–H and O–H groups in total. The molecule has 4 aromatic rings. The van der Waals surface area contributed by atoms with E-state index in [1.807, 2.05) is 27.7 Å². The summed E-state index contributed by atoms with van der Waals surface area (Å²) in [6, 6.07) is 5.33. The molecule has 1 aliphatic carbocycles. The van der Waals surface area contributed by atoms with Gasteiger partial charge in [0.1, 0.15) is 36.1 Å². The highest BCUT2D eigenvalue weighted by Gasteiger charge is 2.48. The number of carboxylic acids is 1. The molecular weight excluding hydrogens is 651 g/mol. The Labute approximate surface area is 277 Å². The third-order valence-corrected chi connectivity index (χ3v) is 9.76. The van der Waals surface area contributed by atoms with Crippen molar-refractivity contribution in [3.8, 4) is 23.2 Å². The fourth-order valence-electron chi connectivity index (χ4n) is 6.30. The van der Waals surface area contributed by atoms with E-state index in [0.717, 1.165) is 34.1 Å². The Balaban J connectivity index is 1.09. The second-order valence-corrected chi connectivity index (χ2v) is 14.7. The van der Waals surface area contributed by atoms with Crippen LogP contribution in [0.3, 0.4) is 0 Å². The quantitative estimate of drug-likeness (QED) is 0.159. The molecule has 1 saturated heterocycles. The highest BCUT2D eigenvalue weighted by atomic mass is 32.2. The average molecular weight is 686 g/mol. The van der Waals surface area contributed by atoms with Crippen LogP contribution in [0, 0.1) is 11.3 Å². The summed E-state index contributed by atoms with van der Waals surface area (Å²) in [6.45, 7) is 2.29. The number of ether oxygens (including phenoxy) is 2. The van der Waals surface area contributed by atoms with Crippen LogP contribution in [0.2, 0.25) is 0 Å². The topological polar surface area (TPSA) is 160 Å². The van der Waals surface area contributed by atoms with Gasteiger partial charge in [-0.2, -0.15) is 28.5 Å². The lowest BCUT2D eigenvalue weighted by Crippen LogP contribution is -2.65. The lowest BCUT2D eigenvalue weighted by molar-refractivity contribution is -0.255. The van der Waals surface area contributed by atoms with Crippen LogP contribution in [-0.4, -0.2) is 95.3 Å². The number of halogens is 3. The van der Waals surface area contributed by atoms with Crippen molar-refractivity contribution < 1.29 is 32.5 Å². The number of nitrogens with zero attached hydrogens (tertiary/aromatic N) is 9. The maximum absolute atomic E-state index is 13.2. The summed E-state index contributed by atoms with van der Waals surface area (Å²) in [5.41, 5.74) is 0.922. The molecule has 0 aromatic carbocycles. The lowest BCUT2D eigenvalue weighted by atomic mass is 9.82. The fraction of sp³-hybridized carbons (Fsp3) is 0.516. The summed E-state index contributed by atoms with van der Waals surface area (Å²) in [5, 5.41) is 26.5. The zero-order valence-electron chi connectivity index (χ0n) is 26.4. The molecule has 0 spiro atoms. The number of alkyl halides is 3. The highest BCUT2D eigenvalue weighted by Crippen LogP contribution is 2.39. The minimum Gasteiger partial charge on any atom is -0.543 e. The number of fused-ring (bicyclic) bond motifs is 1. The molecule has 0 atom stereocenters. The summed E-state index contributed by atoms with van der Waals surface area (Å²) in [7, 11) is 0.313. The third-order valence-electron chi connectivity index (χ3n) is 8.78. The maximum atomic E-state index is 13.2.